The van der Waals surface area contributed by atoms with E-state index in [9.17, 15) is 4.79 Å². The van der Waals surface area contributed by atoms with Crippen molar-refractivity contribution in [2.45, 2.75) is 23.5 Å². The average Bonchev–Trinajstić information content (AvgIpc) is 2.96. The van der Waals surface area contributed by atoms with Gasteiger partial charge < -0.3 is 5.32 Å². The van der Waals surface area contributed by atoms with Crippen molar-refractivity contribution in [3.63, 3.8) is 0 Å². The van der Waals surface area contributed by atoms with Crippen LogP contribution in [0.15, 0.2) is 35.4 Å². The molecule has 0 fully saturated rings. The summed E-state index contributed by atoms with van der Waals surface area (Å²) in [5, 5.41) is 9.52. The number of aromatic nitrogens is 2. The molecule has 1 aromatic carbocycles. The number of benzene rings is 1. The van der Waals surface area contributed by atoms with Crippen molar-refractivity contribution >= 4 is 23.5 Å². The fourth-order valence-electron chi connectivity index (χ4n) is 2.00. The number of nitrogens with zero attached hydrogens (tertiary/aromatic N) is 1. The van der Waals surface area contributed by atoms with Crippen LogP contribution in [0.1, 0.15) is 11.1 Å². The molecule has 3 rings (SSSR count). The van der Waals surface area contributed by atoms with Crippen molar-refractivity contribution < 1.29 is 4.79 Å². The molecule has 0 saturated heterocycles. The molecule has 0 spiro atoms. The van der Waals surface area contributed by atoms with Crippen molar-refractivity contribution in [1.82, 2.24) is 10.2 Å². The van der Waals surface area contributed by atoms with Gasteiger partial charge in [0, 0.05) is 10.5 Å². The predicted octanol–water partition coefficient (Wildman–Crippen LogP) is 2.37. The van der Waals surface area contributed by atoms with E-state index >= 15 is 0 Å². The van der Waals surface area contributed by atoms with Crippen molar-refractivity contribution in [2.24, 2.45) is 0 Å². The highest BCUT2D eigenvalue weighted by Crippen LogP contribution is 2.37. The van der Waals surface area contributed by atoms with E-state index < -0.39 is 0 Å². The minimum absolute atomic E-state index is 0.0311. The quantitative estimate of drug-likeness (QED) is 0.870. The molecule has 0 bridgehead atoms. The van der Waals surface area contributed by atoms with Crippen LogP contribution in [0, 0.1) is 6.92 Å². The second-order valence-electron chi connectivity index (χ2n) is 4.34. The van der Waals surface area contributed by atoms with Crippen LogP contribution >= 0.6 is 11.8 Å². The Labute approximate surface area is 109 Å². The average molecular weight is 259 g/mol. The first kappa shape index (κ1) is 11.3. The molecule has 1 atom stereocenters. The standard InChI is InChI=1S/C13H13N3OS/c1-8-7-14-16-12(8)15-13(17)11-6-9-4-2-3-5-10(9)18-11/h2-5,7,11H,6H2,1H3,(H2,14,15,16,17). The number of amides is 1. The van der Waals surface area contributed by atoms with Gasteiger partial charge in [-0.1, -0.05) is 18.2 Å². The van der Waals surface area contributed by atoms with E-state index in [1.807, 2.05) is 19.1 Å². The van der Waals surface area contributed by atoms with Crippen LogP contribution in [0.2, 0.25) is 0 Å². The minimum Gasteiger partial charge on any atom is -0.310 e. The maximum atomic E-state index is 12.2. The lowest BCUT2D eigenvalue weighted by Gasteiger charge is -2.08. The zero-order chi connectivity index (χ0) is 12.5. The highest BCUT2D eigenvalue weighted by atomic mass is 32.2. The van der Waals surface area contributed by atoms with E-state index in [0.717, 1.165) is 12.0 Å². The fraction of sp³-hybridized carbons (Fsp3) is 0.231. The molecule has 18 heavy (non-hydrogen) atoms. The van der Waals surface area contributed by atoms with Crippen molar-refractivity contribution in [3.8, 4) is 0 Å². The van der Waals surface area contributed by atoms with Gasteiger partial charge in [0.1, 0.15) is 5.82 Å². The van der Waals surface area contributed by atoms with E-state index in [4.69, 9.17) is 0 Å². The molecule has 0 saturated carbocycles. The van der Waals surface area contributed by atoms with Crippen LogP contribution in [0.25, 0.3) is 0 Å². The number of carbonyl (C=O) groups excluding carboxylic acids is 1. The lowest BCUT2D eigenvalue weighted by atomic mass is 10.1. The molecule has 2 aromatic rings. The third-order valence-corrected chi connectivity index (χ3v) is 4.33. The smallest absolute Gasteiger partial charge is 0.239 e. The number of fused-ring (bicyclic) bond motifs is 1. The summed E-state index contributed by atoms with van der Waals surface area (Å²) in [6.07, 6.45) is 2.49. The summed E-state index contributed by atoms with van der Waals surface area (Å²) in [5.41, 5.74) is 2.20. The Kier molecular flexibility index (Phi) is 2.83. The van der Waals surface area contributed by atoms with Gasteiger partial charge >= 0.3 is 0 Å². The number of H-pyrrole nitrogens is 1. The molecule has 1 unspecified atom stereocenters. The van der Waals surface area contributed by atoms with Gasteiger partial charge in [-0.05, 0) is 25.0 Å². The van der Waals surface area contributed by atoms with Crippen LogP contribution < -0.4 is 5.32 Å². The van der Waals surface area contributed by atoms with E-state index in [1.54, 1.807) is 18.0 Å². The SMILES string of the molecule is Cc1cn[nH]c1NC(=O)C1Cc2ccccc2S1. The highest BCUT2D eigenvalue weighted by molar-refractivity contribution is 8.01. The summed E-state index contributed by atoms with van der Waals surface area (Å²) in [7, 11) is 0. The summed E-state index contributed by atoms with van der Waals surface area (Å²) in [4.78, 5) is 13.4. The van der Waals surface area contributed by atoms with Gasteiger partial charge in [0.25, 0.3) is 0 Å². The first-order valence-corrected chi connectivity index (χ1v) is 6.67. The first-order chi connectivity index (χ1) is 8.74. The molecule has 4 nitrogen and oxygen atoms in total. The topological polar surface area (TPSA) is 57.8 Å². The summed E-state index contributed by atoms with van der Waals surface area (Å²) < 4.78 is 0. The van der Waals surface area contributed by atoms with Gasteiger partial charge in [0.05, 0.1) is 11.4 Å². The first-order valence-electron chi connectivity index (χ1n) is 5.79. The maximum absolute atomic E-state index is 12.2. The van der Waals surface area contributed by atoms with E-state index in [-0.39, 0.29) is 11.2 Å². The molecular formula is C13H13N3OS. The molecule has 5 heteroatoms. The number of hydrogen-bond donors (Lipinski definition) is 2. The van der Waals surface area contributed by atoms with Crippen molar-refractivity contribution in [2.75, 3.05) is 5.32 Å². The third-order valence-electron chi connectivity index (χ3n) is 3.02. The lowest BCUT2D eigenvalue weighted by Crippen LogP contribution is -2.25. The Morgan fingerprint density at radius 2 is 2.33 bits per heavy atom. The number of thioether (sulfide) groups is 1. The Hall–Kier alpha value is -1.75. The van der Waals surface area contributed by atoms with E-state index in [2.05, 4.69) is 27.6 Å². The number of aromatic amines is 1. The highest BCUT2D eigenvalue weighted by Gasteiger charge is 2.28. The van der Waals surface area contributed by atoms with Gasteiger partial charge in [0.15, 0.2) is 0 Å². The summed E-state index contributed by atoms with van der Waals surface area (Å²) in [6.45, 7) is 1.91. The number of rotatable bonds is 2. The summed E-state index contributed by atoms with van der Waals surface area (Å²) in [5.74, 6) is 0.722. The van der Waals surface area contributed by atoms with Crippen LogP contribution in [-0.4, -0.2) is 21.4 Å². The Morgan fingerprint density at radius 3 is 3.06 bits per heavy atom. The zero-order valence-electron chi connectivity index (χ0n) is 9.93. The van der Waals surface area contributed by atoms with Crippen LogP contribution in [0.5, 0.6) is 0 Å². The Morgan fingerprint density at radius 1 is 1.50 bits per heavy atom. The van der Waals surface area contributed by atoms with E-state index in [1.165, 1.54) is 10.5 Å². The van der Waals surface area contributed by atoms with Gasteiger partial charge in [-0.2, -0.15) is 5.10 Å². The fourth-order valence-corrected chi connectivity index (χ4v) is 3.20. The molecular weight excluding hydrogens is 246 g/mol. The normalized spacial score (nSPS) is 17.5. The van der Waals surface area contributed by atoms with Crippen molar-refractivity contribution in [1.29, 1.82) is 0 Å². The largest absolute Gasteiger partial charge is 0.310 e. The molecule has 0 aliphatic carbocycles. The number of hydrogen-bond acceptors (Lipinski definition) is 3. The third kappa shape index (κ3) is 2.01. The molecule has 2 heterocycles. The van der Waals surface area contributed by atoms with Crippen LogP contribution in [0.3, 0.4) is 0 Å². The zero-order valence-corrected chi connectivity index (χ0v) is 10.8. The molecule has 92 valence electrons. The molecule has 1 amide bonds. The number of anilines is 1. The monoisotopic (exact) mass is 259 g/mol. The second-order valence-corrected chi connectivity index (χ2v) is 5.58. The predicted molar refractivity (Wildman–Crippen MR) is 71.7 cm³/mol. The van der Waals surface area contributed by atoms with Crippen LogP contribution in [0.4, 0.5) is 5.82 Å². The maximum Gasteiger partial charge on any atom is 0.239 e. The Balaban J connectivity index is 1.71. The molecule has 1 aromatic heterocycles. The van der Waals surface area contributed by atoms with Gasteiger partial charge in [0.2, 0.25) is 5.91 Å². The molecule has 0 radical (unpaired) electrons. The number of carbonyl (C=O) groups is 1. The molecule has 2 N–H and O–H groups in total. The lowest BCUT2D eigenvalue weighted by molar-refractivity contribution is -0.115. The van der Waals surface area contributed by atoms with Crippen LogP contribution in [-0.2, 0) is 11.2 Å². The number of aryl methyl sites for hydroxylation is 1. The van der Waals surface area contributed by atoms with Gasteiger partial charge in [-0.15, -0.1) is 11.8 Å². The Bertz CT molecular complexity index is 568. The van der Waals surface area contributed by atoms with E-state index in [0.29, 0.717) is 5.82 Å². The van der Waals surface area contributed by atoms with Gasteiger partial charge in [-0.25, -0.2) is 0 Å². The number of nitrogens with one attached hydrogen (secondary N) is 2. The summed E-state index contributed by atoms with van der Waals surface area (Å²) in [6, 6.07) is 8.16. The molecule has 1 aliphatic rings. The molecule has 1 aliphatic heterocycles. The summed E-state index contributed by atoms with van der Waals surface area (Å²) >= 11 is 1.63. The minimum atomic E-state index is -0.0508. The van der Waals surface area contributed by atoms with Crippen molar-refractivity contribution in [3.05, 3.63) is 41.6 Å². The second kappa shape index (κ2) is 4.49. The van der Waals surface area contributed by atoms with Gasteiger partial charge in [-0.3, -0.25) is 9.89 Å².